The highest BCUT2D eigenvalue weighted by atomic mass is 35.5. The zero-order valence-electron chi connectivity index (χ0n) is 21.6. The van der Waals surface area contributed by atoms with Gasteiger partial charge >= 0.3 is 0 Å². The third kappa shape index (κ3) is 4.04. The number of nitrogens with zero attached hydrogens (tertiary/aromatic N) is 6. The molecule has 2 aliphatic rings. The number of halogens is 2. The Balaban J connectivity index is 0.00000150. The Hall–Kier alpha value is -4.96. The predicted octanol–water partition coefficient (Wildman–Crippen LogP) is 6.49. The number of hydrogen-bond acceptors (Lipinski definition) is 6. The van der Waals surface area contributed by atoms with Gasteiger partial charge in [0.25, 0.3) is 0 Å². The molecule has 0 fully saturated rings. The SMILES string of the molecule is Cl.Clc1cccc2c3nc4nc(nc5[nH]c(nc6nc(nc([nH]3)c12)-c1ccccc1-6)c1ccccc51)-c1ccccc1-4.[SiH4]. The van der Waals surface area contributed by atoms with Crippen molar-refractivity contribution in [1.29, 1.82) is 0 Å². The van der Waals surface area contributed by atoms with Crippen LogP contribution in [-0.4, -0.2) is 50.8 Å². The van der Waals surface area contributed by atoms with E-state index < -0.39 is 0 Å². The Morgan fingerprint density at radius 2 is 0.791 bits per heavy atom. The van der Waals surface area contributed by atoms with Crippen LogP contribution in [0.15, 0.2) is 91.0 Å². The van der Waals surface area contributed by atoms with E-state index in [1.165, 1.54) is 0 Å². The predicted molar refractivity (Wildman–Crippen MR) is 180 cm³/mol. The zero-order valence-corrected chi connectivity index (χ0v) is 23.2. The molecule has 4 aromatic carbocycles. The Bertz CT molecular complexity index is 2410. The molecule has 0 spiro atoms. The average Bonchev–Trinajstić information content (AvgIpc) is 3.73. The fourth-order valence-electron chi connectivity index (χ4n) is 5.65. The number of aromatic nitrogens is 8. The van der Waals surface area contributed by atoms with Crippen LogP contribution in [0.5, 0.6) is 0 Å². The highest BCUT2D eigenvalue weighted by Crippen LogP contribution is 2.37. The van der Waals surface area contributed by atoms with Crippen LogP contribution in [0.4, 0.5) is 0 Å². The third-order valence-electron chi connectivity index (χ3n) is 7.53. The van der Waals surface area contributed by atoms with Crippen molar-refractivity contribution in [3.63, 3.8) is 0 Å². The molecule has 0 amide bonds. The van der Waals surface area contributed by atoms with Gasteiger partial charge in [-0.15, -0.1) is 12.4 Å². The molecule has 5 heterocycles. The molecule has 43 heavy (non-hydrogen) atoms. The van der Waals surface area contributed by atoms with Crippen LogP contribution in [0, 0.1) is 0 Å². The van der Waals surface area contributed by atoms with Gasteiger partial charge in [0, 0.05) is 43.8 Å². The van der Waals surface area contributed by atoms with Gasteiger partial charge in [-0.2, -0.15) is 0 Å². The Labute approximate surface area is 259 Å². The summed E-state index contributed by atoms with van der Waals surface area (Å²) >= 11 is 6.73. The number of H-pyrrole nitrogens is 2. The molecule has 2 N–H and O–H groups in total. The monoisotopic (exact) mass is 616 g/mol. The molecule has 7 aromatic rings. The van der Waals surface area contributed by atoms with Gasteiger partial charge in [0.1, 0.15) is 22.6 Å². The van der Waals surface area contributed by atoms with E-state index in [1.807, 2.05) is 91.0 Å². The smallest absolute Gasteiger partial charge is 0.164 e. The van der Waals surface area contributed by atoms with E-state index in [1.54, 1.807) is 0 Å². The number of fused-ring (bicyclic) bond motifs is 20. The van der Waals surface area contributed by atoms with Gasteiger partial charge < -0.3 is 9.97 Å². The lowest BCUT2D eigenvalue weighted by Gasteiger charge is -1.96. The van der Waals surface area contributed by atoms with Crippen LogP contribution in [0.1, 0.15) is 0 Å². The van der Waals surface area contributed by atoms with E-state index in [-0.39, 0.29) is 23.4 Å². The first-order valence-electron chi connectivity index (χ1n) is 13.1. The first kappa shape index (κ1) is 26.9. The second-order valence-corrected chi connectivity index (χ2v) is 10.3. The molecule has 208 valence electrons. The van der Waals surface area contributed by atoms with E-state index in [9.17, 15) is 0 Å². The highest BCUT2D eigenvalue weighted by Gasteiger charge is 2.22. The third-order valence-corrected chi connectivity index (χ3v) is 7.84. The summed E-state index contributed by atoms with van der Waals surface area (Å²) in [5.41, 5.74) is 6.09. The second-order valence-electron chi connectivity index (χ2n) is 9.91. The molecule has 3 aromatic heterocycles. The molecule has 0 radical (unpaired) electrons. The number of nitrogens with one attached hydrogen (secondary N) is 2. The topological polar surface area (TPSA) is 109 Å². The molecule has 0 saturated carbocycles. The second kappa shape index (κ2) is 10.1. The molecular formula is C32H22Cl2N8Si. The van der Waals surface area contributed by atoms with Crippen LogP contribution in [0.2, 0.25) is 5.02 Å². The zero-order chi connectivity index (χ0) is 27.1. The van der Waals surface area contributed by atoms with E-state index in [2.05, 4.69) is 9.97 Å². The normalized spacial score (nSPS) is 11.5. The minimum absolute atomic E-state index is 0. The minimum atomic E-state index is 0. The molecular weight excluding hydrogens is 595 g/mol. The van der Waals surface area contributed by atoms with Crippen LogP contribution in [0.3, 0.4) is 0 Å². The van der Waals surface area contributed by atoms with E-state index >= 15 is 0 Å². The van der Waals surface area contributed by atoms with Crippen molar-refractivity contribution in [1.82, 2.24) is 39.9 Å². The largest absolute Gasteiger partial charge is 0.324 e. The number of aromatic amines is 2. The van der Waals surface area contributed by atoms with Crippen molar-refractivity contribution in [3.8, 4) is 45.6 Å². The fourth-order valence-corrected chi connectivity index (χ4v) is 5.91. The lowest BCUT2D eigenvalue weighted by molar-refractivity contribution is 1.19. The maximum Gasteiger partial charge on any atom is 0.164 e. The molecule has 9 rings (SSSR count). The lowest BCUT2D eigenvalue weighted by Crippen LogP contribution is -1.83. The molecule has 2 aliphatic heterocycles. The molecule has 0 unspecified atom stereocenters. The van der Waals surface area contributed by atoms with Crippen LogP contribution in [0.25, 0.3) is 89.7 Å². The summed E-state index contributed by atoms with van der Waals surface area (Å²) in [6.45, 7) is 0. The van der Waals surface area contributed by atoms with Gasteiger partial charge in [-0.25, -0.2) is 29.9 Å². The molecule has 0 aliphatic carbocycles. The first-order chi connectivity index (χ1) is 20.2. The highest BCUT2D eigenvalue weighted by molar-refractivity contribution is 6.37. The van der Waals surface area contributed by atoms with Crippen molar-refractivity contribution in [3.05, 3.63) is 96.0 Å². The lowest BCUT2D eigenvalue weighted by atomic mass is 10.1. The standard InChI is InChI=1S/C32H17ClN8.ClH.H4Si/c33-23-15-7-14-22-24(23)32-40-30-21-13-6-5-12-20(21)28(38-30)36-26-17-9-2-1-8-16(17)25(34-26)35-27-18-10-3-4-11-19(18)29(37-27)39-31(22)41-32;;/h1-15H,(H2,34,35,36,37,38,39,40,41);1H;1H4. The summed E-state index contributed by atoms with van der Waals surface area (Å²) in [6.07, 6.45) is 0. The number of benzene rings is 4. The Morgan fingerprint density at radius 3 is 1.28 bits per heavy atom. The summed E-state index contributed by atoms with van der Waals surface area (Å²) < 4.78 is 0. The molecule has 11 heteroatoms. The quantitative estimate of drug-likeness (QED) is 0.188. The van der Waals surface area contributed by atoms with Crippen molar-refractivity contribution in [2.45, 2.75) is 0 Å². The van der Waals surface area contributed by atoms with Gasteiger partial charge in [-0.1, -0.05) is 96.5 Å². The maximum atomic E-state index is 6.73. The van der Waals surface area contributed by atoms with Crippen LogP contribution < -0.4 is 0 Å². The summed E-state index contributed by atoms with van der Waals surface area (Å²) in [7, 11) is 0. The van der Waals surface area contributed by atoms with Gasteiger partial charge in [0.15, 0.2) is 23.3 Å². The number of hydrogen-bond donors (Lipinski definition) is 2. The molecule has 8 nitrogen and oxygen atoms in total. The maximum absolute atomic E-state index is 6.73. The van der Waals surface area contributed by atoms with Crippen molar-refractivity contribution >= 4 is 79.1 Å². The Kier molecular flexibility index (Phi) is 6.31. The van der Waals surface area contributed by atoms with Gasteiger partial charge in [0.05, 0.1) is 5.02 Å². The van der Waals surface area contributed by atoms with E-state index in [0.717, 1.165) is 43.8 Å². The summed E-state index contributed by atoms with van der Waals surface area (Å²) in [6, 6.07) is 29.7. The number of rotatable bonds is 0. The molecule has 8 bridgehead atoms. The van der Waals surface area contributed by atoms with Gasteiger partial charge in [-0.3, -0.25) is 0 Å². The summed E-state index contributed by atoms with van der Waals surface area (Å²) in [4.78, 5) is 36.6. The Morgan fingerprint density at radius 1 is 0.419 bits per heavy atom. The van der Waals surface area contributed by atoms with Crippen LogP contribution in [-0.2, 0) is 0 Å². The minimum Gasteiger partial charge on any atom is -0.324 e. The van der Waals surface area contributed by atoms with E-state index in [0.29, 0.717) is 50.9 Å². The van der Waals surface area contributed by atoms with Crippen molar-refractivity contribution in [2.24, 2.45) is 0 Å². The average molecular weight is 618 g/mol. The van der Waals surface area contributed by atoms with Gasteiger partial charge in [0.2, 0.25) is 0 Å². The van der Waals surface area contributed by atoms with Crippen molar-refractivity contribution < 1.29 is 0 Å². The summed E-state index contributed by atoms with van der Waals surface area (Å²) in [5, 5.41) is 4.05. The van der Waals surface area contributed by atoms with E-state index in [4.69, 9.17) is 41.5 Å². The first-order valence-corrected chi connectivity index (χ1v) is 13.5. The van der Waals surface area contributed by atoms with Crippen LogP contribution >= 0.6 is 24.0 Å². The van der Waals surface area contributed by atoms with Crippen molar-refractivity contribution in [2.75, 3.05) is 0 Å². The summed E-state index contributed by atoms with van der Waals surface area (Å²) in [5.74, 6) is 2.24. The molecule has 0 atom stereocenters. The fraction of sp³-hybridized carbons (Fsp3) is 0. The molecule has 0 saturated heterocycles. The van der Waals surface area contributed by atoms with Gasteiger partial charge in [-0.05, 0) is 17.0 Å².